The van der Waals surface area contributed by atoms with Gasteiger partial charge in [-0.15, -0.1) is 24.0 Å². The molecule has 2 rings (SSSR count). The van der Waals surface area contributed by atoms with Gasteiger partial charge in [-0.25, -0.2) is 0 Å². The molecule has 7 heteroatoms. The highest BCUT2D eigenvalue weighted by Gasteiger charge is 2.19. The van der Waals surface area contributed by atoms with Crippen LogP contribution in [0.5, 0.6) is 0 Å². The molecule has 0 heterocycles. The van der Waals surface area contributed by atoms with Crippen LogP contribution in [0.1, 0.15) is 38.2 Å². The highest BCUT2D eigenvalue weighted by molar-refractivity contribution is 14.0. The van der Waals surface area contributed by atoms with Gasteiger partial charge in [0.2, 0.25) is 0 Å². The van der Waals surface area contributed by atoms with Gasteiger partial charge in [-0.05, 0) is 38.2 Å². The smallest absolute Gasteiger partial charge is 0.191 e. The molecule has 0 aromatic heterocycles. The van der Waals surface area contributed by atoms with Gasteiger partial charge in [-0.3, -0.25) is 9.20 Å². The molecule has 1 aliphatic carbocycles. The summed E-state index contributed by atoms with van der Waals surface area (Å²) in [7, 11) is -0.899. The third-order valence-corrected chi connectivity index (χ3v) is 5.43. The van der Waals surface area contributed by atoms with Gasteiger partial charge in [-0.1, -0.05) is 30.3 Å². The van der Waals surface area contributed by atoms with Crippen LogP contribution in [0.4, 0.5) is 0 Å². The van der Waals surface area contributed by atoms with E-state index in [9.17, 15) is 9.32 Å². The van der Waals surface area contributed by atoms with E-state index in [1.54, 1.807) is 0 Å². The van der Waals surface area contributed by atoms with E-state index in [-0.39, 0.29) is 30.1 Å². The maximum atomic E-state index is 12.2. The number of guanidine groups is 1. The van der Waals surface area contributed by atoms with Crippen molar-refractivity contribution >= 4 is 40.7 Å². The van der Waals surface area contributed by atoms with E-state index in [0.29, 0.717) is 24.1 Å². The molecule has 1 unspecified atom stereocenters. The number of nitrogens with zero attached hydrogens (tertiary/aromatic N) is 1. The fraction of sp³-hybridized carbons (Fsp3) is 0.611. The maximum absolute atomic E-state index is 12.2. The van der Waals surface area contributed by atoms with Crippen molar-refractivity contribution in [3.05, 3.63) is 35.9 Å². The van der Waals surface area contributed by atoms with E-state index in [0.717, 1.165) is 43.8 Å². The normalized spacial score (nSPS) is 21.9. The van der Waals surface area contributed by atoms with Gasteiger partial charge in [0.25, 0.3) is 0 Å². The molecule has 25 heavy (non-hydrogen) atoms. The van der Waals surface area contributed by atoms with Crippen LogP contribution in [-0.2, 0) is 16.6 Å². The number of hydrogen-bond donors (Lipinski definition) is 3. The average molecular weight is 479 g/mol. The minimum atomic E-state index is -0.899. The molecule has 1 saturated carbocycles. The van der Waals surface area contributed by atoms with E-state index >= 15 is 0 Å². The molecule has 0 saturated heterocycles. The van der Waals surface area contributed by atoms with Gasteiger partial charge in [0.1, 0.15) is 0 Å². The van der Waals surface area contributed by atoms with E-state index < -0.39 is 10.8 Å². The zero-order chi connectivity index (χ0) is 17.2. The maximum Gasteiger partial charge on any atom is 0.191 e. The number of aliphatic imine (C=N–C) groups is 1. The summed E-state index contributed by atoms with van der Waals surface area (Å²) < 4.78 is 12.2. The van der Waals surface area contributed by atoms with Crippen molar-refractivity contribution in [2.75, 3.05) is 18.8 Å². The van der Waals surface area contributed by atoms with Crippen molar-refractivity contribution in [2.24, 2.45) is 4.99 Å². The Hall–Kier alpha value is -0.670. The summed E-state index contributed by atoms with van der Waals surface area (Å²) in [6.07, 6.45) is 3.47. The van der Waals surface area contributed by atoms with Crippen LogP contribution in [-0.4, -0.2) is 46.3 Å². The first kappa shape index (κ1) is 22.4. The number of nitrogens with one attached hydrogen (secondary N) is 2. The third-order valence-electron chi connectivity index (χ3n) is 4.14. The zero-order valence-electron chi connectivity index (χ0n) is 14.8. The molecule has 5 nitrogen and oxygen atoms in total. The molecule has 1 fully saturated rings. The summed E-state index contributed by atoms with van der Waals surface area (Å²) in [5.74, 6) is 1.94. The summed E-state index contributed by atoms with van der Waals surface area (Å²) in [4.78, 5) is 4.55. The predicted octanol–water partition coefficient (Wildman–Crippen LogP) is 2.41. The topological polar surface area (TPSA) is 73.7 Å². The highest BCUT2D eigenvalue weighted by Crippen LogP contribution is 2.18. The quantitative estimate of drug-likeness (QED) is 0.319. The lowest BCUT2D eigenvalue weighted by atomic mass is 9.93. The number of halogens is 1. The number of aliphatic hydroxyl groups excluding tert-OH is 1. The lowest BCUT2D eigenvalue weighted by molar-refractivity contribution is 0.120. The number of aliphatic hydroxyl groups is 1. The Morgan fingerprint density at radius 2 is 1.92 bits per heavy atom. The van der Waals surface area contributed by atoms with Gasteiger partial charge < -0.3 is 15.7 Å². The number of hydrogen-bond acceptors (Lipinski definition) is 3. The van der Waals surface area contributed by atoms with Crippen molar-refractivity contribution in [1.82, 2.24) is 10.6 Å². The monoisotopic (exact) mass is 479 g/mol. The Kier molecular flexibility index (Phi) is 11.3. The third kappa shape index (κ3) is 9.01. The molecule has 3 N–H and O–H groups in total. The van der Waals surface area contributed by atoms with E-state index in [1.165, 1.54) is 0 Å². The van der Waals surface area contributed by atoms with Crippen molar-refractivity contribution < 1.29 is 9.32 Å². The van der Waals surface area contributed by atoms with E-state index in [4.69, 9.17) is 0 Å². The van der Waals surface area contributed by atoms with Gasteiger partial charge >= 0.3 is 0 Å². The number of benzene rings is 1. The zero-order valence-corrected chi connectivity index (χ0v) is 18.0. The molecule has 1 aromatic carbocycles. The summed E-state index contributed by atoms with van der Waals surface area (Å²) in [6.45, 7) is 3.38. The van der Waals surface area contributed by atoms with Gasteiger partial charge in [0.05, 0.1) is 12.6 Å². The van der Waals surface area contributed by atoms with Crippen molar-refractivity contribution in [3.63, 3.8) is 0 Å². The fourth-order valence-electron chi connectivity index (χ4n) is 2.83. The van der Waals surface area contributed by atoms with E-state index in [1.807, 2.05) is 37.3 Å². The first-order valence-electron chi connectivity index (χ1n) is 8.79. The lowest BCUT2D eigenvalue weighted by Gasteiger charge is -2.27. The molecule has 0 bridgehead atoms. The molecular weight excluding hydrogens is 449 g/mol. The van der Waals surface area contributed by atoms with Crippen molar-refractivity contribution in [2.45, 2.75) is 50.5 Å². The predicted molar refractivity (Wildman–Crippen MR) is 116 cm³/mol. The molecule has 0 radical (unpaired) electrons. The summed E-state index contributed by atoms with van der Waals surface area (Å²) >= 11 is 0. The first-order valence-corrected chi connectivity index (χ1v) is 10.3. The fourth-order valence-corrected chi connectivity index (χ4v) is 3.83. The van der Waals surface area contributed by atoms with Gasteiger partial charge in [0.15, 0.2) is 5.96 Å². The second-order valence-electron chi connectivity index (χ2n) is 6.18. The van der Waals surface area contributed by atoms with Crippen molar-refractivity contribution in [3.8, 4) is 0 Å². The number of rotatable bonds is 7. The highest BCUT2D eigenvalue weighted by atomic mass is 127. The van der Waals surface area contributed by atoms with Crippen LogP contribution < -0.4 is 10.6 Å². The average Bonchev–Trinajstić information content (AvgIpc) is 2.58. The minimum Gasteiger partial charge on any atom is -0.393 e. The first-order chi connectivity index (χ1) is 11.7. The van der Waals surface area contributed by atoms with Crippen LogP contribution in [0.3, 0.4) is 0 Å². The Bertz CT molecular complexity index is 534. The molecule has 1 atom stereocenters. The molecule has 0 amide bonds. The molecule has 1 aliphatic rings. The Balaban J connectivity index is 0.00000312. The Labute approximate surface area is 170 Å². The summed E-state index contributed by atoms with van der Waals surface area (Å²) in [5, 5.41) is 16.3. The molecular formula is C18H30IN3O2S. The SMILES string of the molecule is CCNC(=NCCS(=O)Cc1ccccc1)NC1CCC(O)CC1.I. The van der Waals surface area contributed by atoms with E-state index in [2.05, 4.69) is 15.6 Å². The van der Waals surface area contributed by atoms with Crippen LogP contribution in [0.15, 0.2) is 35.3 Å². The Morgan fingerprint density at radius 1 is 1.24 bits per heavy atom. The summed E-state index contributed by atoms with van der Waals surface area (Å²) in [6, 6.07) is 10.3. The van der Waals surface area contributed by atoms with Crippen LogP contribution in [0.2, 0.25) is 0 Å². The van der Waals surface area contributed by atoms with Crippen LogP contribution >= 0.6 is 24.0 Å². The molecule has 1 aromatic rings. The molecule has 0 spiro atoms. The van der Waals surface area contributed by atoms with Gasteiger partial charge in [0, 0.05) is 34.9 Å². The minimum absolute atomic E-state index is 0. The molecule has 0 aliphatic heterocycles. The standard InChI is InChI=1S/C18H29N3O2S.HI/c1-2-19-18(21-16-8-10-17(22)11-9-16)20-12-13-24(23)14-15-6-4-3-5-7-15;/h3-7,16-17,22H,2,8-14H2,1H3,(H2,19,20,21);1H. The second kappa shape index (κ2) is 12.6. The molecule has 142 valence electrons. The van der Waals surface area contributed by atoms with Crippen LogP contribution in [0, 0.1) is 0 Å². The largest absolute Gasteiger partial charge is 0.393 e. The van der Waals surface area contributed by atoms with Crippen LogP contribution in [0.25, 0.3) is 0 Å². The second-order valence-corrected chi connectivity index (χ2v) is 7.76. The lowest BCUT2D eigenvalue weighted by Crippen LogP contribution is -2.45. The summed E-state index contributed by atoms with van der Waals surface area (Å²) in [5.41, 5.74) is 1.10. The van der Waals surface area contributed by atoms with Gasteiger partial charge in [-0.2, -0.15) is 0 Å². The van der Waals surface area contributed by atoms with Crippen molar-refractivity contribution in [1.29, 1.82) is 0 Å². The Morgan fingerprint density at radius 3 is 2.56 bits per heavy atom.